The summed E-state index contributed by atoms with van der Waals surface area (Å²) in [5.41, 5.74) is -0.310. The third kappa shape index (κ3) is 3.29. The lowest BCUT2D eigenvalue weighted by Crippen LogP contribution is -2.56. The number of nitrogens with one attached hydrogen (secondary N) is 1. The van der Waals surface area contributed by atoms with Crippen LogP contribution >= 0.6 is 0 Å². The summed E-state index contributed by atoms with van der Waals surface area (Å²) >= 11 is 0. The van der Waals surface area contributed by atoms with Gasteiger partial charge < -0.3 is 15.1 Å². The van der Waals surface area contributed by atoms with Crippen molar-refractivity contribution >= 4 is 5.91 Å². The van der Waals surface area contributed by atoms with Gasteiger partial charge in [-0.1, -0.05) is 6.92 Å². The van der Waals surface area contributed by atoms with Crippen molar-refractivity contribution in [3.05, 3.63) is 0 Å². The number of amides is 1. The summed E-state index contributed by atoms with van der Waals surface area (Å²) < 4.78 is 0. The van der Waals surface area contributed by atoms with E-state index >= 15 is 0 Å². The average Bonchev–Trinajstić information content (AvgIpc) is 2.86. The lowest BCUT2D eigenvalue weighted by atomic mass is 9.95. The molecule has 1 atom stereocenters. The van der Waals surface area contributed by atoms with Gasteiger partial charge in [-0.25, -0.2) is 0 Å². The molecule has 2 rings (SSSR count). The highest BCUT2D eigenvalue weighted by molar-refractivity contribution is 5.86. The average molecular weight is 267 g/mol. The zero-order valence-electron chi connectivity index (χ0n) is 12.7. The van der Waals surface area contributed by atoms with Crippen LogP contribution in [0.5, 0.6) is 0 Å². The van der Waals surface area contributed by atoms with Crippen LogP contribution in [0.4, 0.5) is 0 Å². The number of rotatable bonds is 4. The quantitative estimate of drug-likeness (QED) is 0.837. The van der Waals surface area contributed by atoms with Gasteiger partial charge in [0.2, 0.25) is 5.91 Å². The first-order valence-corrected chi connectivity index (χ1v) is 7.81. The van der Waals surface area contributed by atoms with E-state index in [0.717, 1.165) is 45.3 Å². The maximum atomic E-state index is 12.6. The lowest BCUT2D eigenvalue weighted by Gasteiger charge is -2.39. The summed E-state index contributed by atoms with van der Waals surface area (Å²) in [5, 5.41) is 3.38. The standard InChI is InChI=1S/C15H29N3O/c1-4-10-18-11-6-13(7-12-18)17(3)14(19)15(2)8-5-9-16-15/h13,16H,4-12H2,1-3H3. The molecular weight excluding hydrogens is 238 g/mol. The van der Waals surface area contributed by atoms with Crippen molar-refractivity contribution in [2.75, 3.05) is 33.2 Å². The van der Waals surface area contributed by atoms with Gasteiger partial charge in [0, 0.05) is 26.2 Å². The van der Waals surface area contributed by atoms with Crippen LogP contribution in [-0.2, 0) is 4.79 Å². The highest BCUT2D eigenvalue weighted by atomic mass is 16.2. The number of piperidine rings is 1. The molecule has 1 N–H and O–H groups in total. The molecule has 2 aliphatic heterocycles. The molecule has 0 radical (unpaired) electrons. The summed E-state index contributed by atoms with van der Waals surface area (Å²) in [7, 11) is 1.99. The number of carbonyl (C=O) groups excluding carboxylic acids is 1. The van der Waals surface area contributed by atoms with E-state index in [2.05, 4.69) is 24.1 Å². The first-order valence-electron chi connectivity index (χ1n) is 7.81. The van der Waals surface area contributed by atoms with Crippen molar-refractivity contribution in [1.82, 2.24) is 15.1 Å². The molecule has 2 fully saturated rings. The van der Waals surface area contributed by atoms with Crippen molar-refractivity contribution in [3.8, 4) is 0 Å². The number of likely N-dealkylation sites (tertiary alicyclic amines) is 1. The van der Waals surface area contributed by atoms with Gasteiger partial charge in [0.1, 0.15) is 0 Å². The molecule has 1 amide bonds. The Morgan fingerprint density at radius 1 is 1.42 bits per heavy atom. The molecule has 110 valence electrons. The van der Waals surface area contributed by atoms with Gasteiger partial charge in [0.05, 0.1) is 5.54 Å². The maximum Gasteiger partial charge on any atom is 0.242 e. The van der Waals surface area contributed by atoms with Gasteiger partial charge in [-0.05, 0) is 52.1 Å². The number of likely N-dealkylation sites (N-methyl/N-ethyl adjacent to an activating group) is 1. The zero-order chi connectivity index (χ0) is 13.9. The number of carbonyl (C=O) groups is 1. The molecule has 19 heavy (non-hydrogen) atoms. The van der Waals surface area contributed by atoms with Crippen molar-refractivity contribution in [3.63, 3.8) is 0 Å². The molecule has 2 saturated heterocycles. The fourth-order valence-electron chi connectivity index (χ4n) is 3.48. The molecule has 2 aliphatic rings. The Kier molecular flexibility index (Phi) is 4.85. The Morgan fingerprint density at radius 2 is 2.11 bits per heavy atom. The van der Waals surface area contributed by atoms with E-state index in [1.54, 1.807) is 0 Å². The van der Waals surface area contributed by atoms with Gasteiger partial charge in [0.15, 0.2) is 0 Å². The topological polar surface area (TPSA) is 35.6 Å². The van der Waals surface area contributed by atoms with E-state index in [4.69, 9.17) is 0 Å². The second-order valence-electron chi connectivity index (χ2n) is 6.35. The highest BCUT2D eigenvalue weighted by Crippen LogP contribution is 2.24. The SMILES string of the molecule is CCCN1CCC(N(C)C(=O)C2(C)CCCN2)CC1. The molecule has 0 aromatic rings. The van der Waals surface area contributed by atoms with Gasteiger partial charge in [-0.2, -0.15) is 0 Å². The Labute approximate surface area is 117 Å². The van der Waals surface area contributed by atoms with Crippen LogP contribution in [-0.4, -0.2) is 60.5 Å². The van der Waals surface area contributed by atoms with E-state index in [9.17, 15) is 4.79 Å². The van der Waals surface area contributed by atoms with Crippen molar-refractivity contribution in [1.29, 1.82) is 0 Å². The second kappa shape index (κ2) is 6.23. The Bertz CT molecular complexity index is 305. The molecule has 0 saturated carbocycles. The van der Waals surface area contributed by atoms with Crippen molar-refractivity contribution in [2.45, 2.75) is 57.5 Å². The highest BCUT2D eigenvalue weighted by Gasteiger charge is 2.40. The molecule has 0 aromatic heterocycles. The van der Waals surface area contributed by atoms with Crippen LogP contribution < -0.4 is 5.32 Å². The molecule has 2 heterocycles. The van der Waals surface area contributed by atoms with Crippen molar-refractivity contribution in [2.24, 2.45) is 0 Å². The minimum absolute atomic E-state index is 0.291. The Balaban J connectivity index is 1.87. The molecule has 0 aromatic carbocycles. The smallest absolute Gasteiger partial charge is 0.242 e. The Morgan fingerprint density at radius 3 is 2.63 bits per heavy atom. The molecule has 1 unspecified atom stereocenters. The summed E-state index contributed by atoms with van der Waals surface area (Å²) in [4.78, 5) is 17.2. The maximum absolute atomic E-state index is 12.6. The van der Waals surface area contributed by atoms with E-state index < -0.39 is 0 Å². The predicted molar refractivity (Wildman–Crippen MR) is 78.2 cm³/mol. The monoisotopic (exact) mass is 267 g/mol. The van der Waals surface area contributed by atoms with Crippen LogP contribution in [0, 0.1) is 0 Å². The van der Waals surface area contributed by atoms with Crippen molar-refractivity contribution < 1.29 is 4.79 Å². The molecule has 0 aliphatic carbocycles. The minimum atomic E-state index is -0.310. The number of hydrogen-bond acceptors (Lipinski definition) is 3. The van der Waals surface area contributed by atoms with Crippen LogP contribution in [0.15, 0.2) is 0 Å². The summed E-state index contributed by atoms with van der Waals surface area (Å²) in [6.07, 6.45) is 5.56. The number of nitrogens with zero attached hydrogens (tertiary/aromatic N) is 2. The zero-order valence-corrected chi connectivity index (χ0v) is 12.7. The largest absolute Gasteiger partial charge is 0.341 e. The molecule has 0 bridgehead atoms. The predicted octanol–water partition coefficient (Wildman–Crippen LogP) is 1.46. The molecule has 0 spiro atoms. The minimum Gasteiger partial charge on any atom is -0.341 e. The summed E-state index contributed by atoms with van der Waals surface area (Å²) in [6, 6.07) is 0.430. The first kappa shape index (κ1) is 14.8. The van der Waals surface area contributed by atoms with Crippen LogP contribution in [0.25, 0.3) is 0 Å². The normalized spacial score (nSPS) is 29.6. The third-order valence-corrected chi connectivity index (χ3v) is 4.81. The van der Waals surface area contributed by atoms with E-state index in [1.807, 2.05) is 11.9 Å². The van der Waals surface area contributed by atoms with Gasteiger partial charge in [0.25, 0.3) is 0 Å². The summed E-state index contributed by atoms with van der Waals surface area (Å²) in [6.45, 7) is 8.74. The molecular formula is C15H29N3O. The van der Waals surface area contributed by atoms with Crippen LogP contribution in [0.1, 0.15) is 46.0 Å². The van der Waals surface area contributed by atoms with E-state index in [0.29, 0.717) is 11.9 Å². The van der Waals surface area contributed by atoms with Gasteiger partial charge in [-0.15, -0.1) is 0 Å². The fraction of sp³-hybridized carbons (Fsp3) is 0.933. The lowest BCUT2D eigenvalue weighted by molar-refractivity contribution is -0.138. The number of hydrogen-bond donors (Lipinski definition) is 1. The first-order chi connectivity index (χ1) is 9.07. The second-order valence-corrected chi connectivity index (χ2v) is 6.35. The Hall–Kier alpha value is -0.610. The van der Waals surface area contributed by atoms with E-state index in [1.165, 1.54) is 13.0 Å². The van der Waals surface area contributed by atoms with Gasteiger partial charge >= 0.3 is 0 Å². The van der Waals surface area contributed by atoms with E-state index in [-0.39, 0.29) is 5.54 Å². The van der Waals surface area contributed by atoms with Gasteiger partial charge in [-0.3, -0.25) is 4.79 Å². The van der Waals surface area contributed by atoms with Crippen LogP contribution in [0.3, 0.4) is 0 Å². The van der Waals surface area contributed by atoms with Crippen LogP contribution in [0.2, 0.25) is 0 Å². The molecule has 4 nitrogen and oxygen atoms in total. The summed E-state index contributed by atoms with van der Waals surface area (Å²) in [5.74, 6) is 0.291. The third-order valence-electron chi connectivity index (χ3n) is 4.81. The molecule has 4 heteroatoms. The fourth-order valence-corrected chi connectivity index (χ4v) is 3.48.